The van der Waals surface area contributed by atoms with E-state index in [9.17, 15) is 9.90 Å². The average Bonchev–Trinajstić information content (AvgIpc) is 2.81. The molecule has 0 aliphatic carbocycles. The monoisotopic (exact) mass is 397 g/mol. The van der Waals surface area contributed by atoms with Crippen molar-refractivity contribution in [3.8, 4) is 11.4 Å². The lowest BCUT2D eigenvalue weighted by Crippen LogP contribution is -2.26. The molecule has 0 fully saturated rings. The molecule has 1 N–H and O–H groups in total. The summed E-state index contributed by atoms with van der Waals surface area (Å²) < 4.78 is 13.4. The van der Waals surface area contributed by atoms with Gasteiger partial charge in [0.05, 0.1) is 16.6 Å². The molecular weight excluding hydrogens is 378 g/mol. The number of hydrogen-bond acceptors (Lipinski definition) is 5. The molecule has 0 atom stereocenters. The van der Waals surface area contributed by atoms with Gasteiger partial charge in [0.25, 0.3) is 0 Å². The van der Waals surface area contributed by atoms with Gasteiger partial charge in [-0.05, 0) is 42.8 Å². The van der Waals surface area contributed by atoms with Crippen LogP contribution in [0.2, 0.25) is 0 Å². The van der Waals surface area contributed by atoms with Crippen LogP contribution < -0.4 is 0 Å². The highest BCUT2D eigenvalue weighted by Crippen LogP contribution is 2.35. The van der Waals surface area contributed by atoms with Crippen molar-refractivity contribution in [2.45, 2.75) is 33.6 Å². The van der Waals surface area contributed by atoms with Crippen molar-refractivity contribution in [3.63, 3.8) is 0 Å². The number of hydrogen-bond donors (Lipinski definition) is 1. The van der Waals surface area contributed by atoms with Crippen LogP contribution in [0, 0.1) is 6.92 Å². The van der Waals surface area contributed by atoms with E-state index in [0.717, 1.165) is 5.69 Å². The summed E-state index contributed by atoms with van der Waals surface area (Å²) in [5.74, 6) is -0.703. The van der Waals surface area contributed by atoms with Gasteiger partial charge in [0.1, 0.15) is 5.69 Å². The van der Waals surface area contributed by atoms with Crippen LogP contribution in [-0.2, 0) is 16.0 Å². The number of ether oxygens (including phenoxy) is 2. The molecule has 0 amide bonds. The Morgan fingerprint density at radius 1 is 1.29 bits per heavy atom. The van der Waals surface area contributed by atoms with E-state index in [-0.39, 0.29) is 12.2 Å². The van der Waals surface area contributed by atoms with Crippen LogP contribution in [0.1, 0.15) is 30.0 Å². The minimum Gasteiger partial charge on any atom is -0.477 e. The van der Waals surface area contributed by atoms with Gasteiger partial charge in [-0.3, -0.25) is 0 Å². The lowest BCUT2D eigenvalue weighted by atomic mass is 10.2. The Kier molecular flexibility index (Phi) is 6.47. The third-order valence-corrected chi connectivity index (χ3v) is 4.45. The van der Waals surface area contributed by atoms with E-state index >= 15 is 0 Å². The van der Waals surface area contributed by atoms with Crippen LogP contribution in [0.5, 0.6) is 0 Å². The minimum atomic E-state index is -1.06. The van der Waals surface area contributed by atoms with Gasteiger partial charge in [-0.15, -0.1) is 0 Å². The molecule has 0 bridgehead atoms. The minimum absolute atomic E-state index is 0.106. The maximum absolute atomic E-state index is 11.9. The molecule has 0 saturated carbocycles. The molecule has 2 heterocycles. The molecule has 0 radical (unpaired) electrons. The van der Waals surface area contributed by atoms with Crippen LogP contribution in [0.25, 0.3) is 11.4 Å². The number of aromatic carboxylic acids is 1. The first-order valence-electron chi connectivity index (χ1n) is 7.63. The normalized spacial score (nSPS) is 11.2. The molecule has 0 aromatic carbocycles. The molecule has 8 heteroatoms. The second-order valence-corrected chi connectivity index (χ2v) is 5.74. The molecular formula is C16H20BrN3O4. The third kappa shape index (κ3) is 3.82. The quantitative estimate of drug-likeness (QED) is 0.688. The van der Waals surface area contributed by atoms with Crippen LogP contribution in [-0.4, -0.2) is 45.1 Å². The summed E-state index contributed by atoms with van der Waals surface area (Å²) in [5, 5.41) is 9.74. The summed E-state index contributed by atoms with van der Waals surface area (Å²) >= 11 is 3.48. The van der Waals surface area contributed by atoms with E-state index in [2.05, 4.69) is 25.9 Å². The molecule has 2 rings (SSSR count). The summed E-state index contributed by atoms with van der Waals surface area (Å²) in [4.78, 5) is 20.3. The van der Waals surface area contributed by atoms with Gasteiger partial charge < -0.3 is 19.1 Å². The van der Waals surface area contributed by atoms with Crippen molar-refractivity contribution in [2.24, 2.45) is 0 Å². The fourth-order valence-corrected chi connectivity index (χ4v) is 3.04. The van der Waals surface area contributed by atoms with Gasteiger partial charge in [0.2, 0.25) is 0 Å². The molecule has 0 spiro atoms. The van der Waals surface area contributed by atoms with Crippen LogP contribution in [0.3, 0.4) is 0 Å². The molecule has 0 aliphatic heterocycles. The molecule has 0 saturated heterocycles. The van der Waals surface area contributed by atoms with Gasteiger partial charge >= 0.3 is 5.97 Å². The largest absolute Gasteiger partial charge is 0.477 e. The molecule has 24 heavy (non-hydrogen) atoms. The zero-order valence-electron chi connectivity index (χ0n) is 13.8. The summed E-state index contributed by atoms with van der Waals surface area (Å²) in [6.07, 6.45) is 2.63. The first-order chi connectivity index (χ1) is 11.5. The average molecular weight is 398 g/mol. The highest BCUT2D eigenvalue weighted by Gasteiger charge is 2.28. The number of nitrogens with zero attached hydrogens (tertiary/aromatic N) is 3. The SMILES string of the molecule is CCOC(Cn1c(C)c(Br)c(-c2ncccn2)c1C(=O)O)OCC. The second kappa shape index (κ2) is 8.36. The summed E-state index contributed by atoms with van der Waals surface area (Å²) in [6.45, 7) is 6.78. The summed E-state index contributed by atoms with van der Waals surface area (Å²) in [7, 11) is 0. The molecule has 2 aromatic rings. The molecule has 0 aliphatic rings. The van der Waals surface area contributed by atoms with E-state index in [1.54, 1.807) is 23.0 Å². The van der Waals surface area contributed by atoms with Crippen LogP contribution in [0.15, 0.2) is 22.9 Å². The first-order valence-corrected chi connectivity index (χ1v) is 8.42. The Morgan fingerprint density at radius 2 is 1.88 bits per heavy atom. The lowest BCUT2D eigenvalue weighted by molar-refractivity contribution is -0.143. The maximum atomic E-state index is 11.9. The second-order valence-electron chi connectivity index (χ2n) is 4.95. The zero-order valence-corrected chi connectivity index (χ0v) is 15.4. The number of rotatable bonds is 8. The fourth-order valence-electron chi connectivity index (χ4n) is 2.46. The number of aromatic nitrogens is 3. The van der Waals surface area contributed by atoms with E-state index in [4.69, 9.17) is 9.47 Å². The first kappa shape index (κ1) is 18.6. The van der Waals surface area contributed by atoms with Crippen molar-refractivity contribution < 1.29 is 19.4 Å². The van der Waals surface area contributed by atoms with Crippen LogP contribution >= 0.6 is 15.9 Å². The summed E-state index contributed by atoms with van der Waals surface area (Å²) in [5.41, 5.74) is 1.31. The van der Waals surface area contributed by atoms with Crippen LogP contribution in [0.4, 0.5) is 0 Å². The zero-order chi connectivity index (χ0) is 17.7. The van der Waals surface area contributed by atoms with Crippen molar-refractivity contribution in [3.05, 3.63) is 34.3 Å². The Balaban J connectivity index is 2.54. The predicted octanol–water partition coefficient (Wildman–Crippen LogP) is 3.11. The fraction of sp³-hybridized carbons (Fsp3) is 0.438. The molecule has 130 valence electrons. The predicted molar refractivity (Wildman–Crippen MR) is 91.9 cm³/mol. The van der Waals surface area contributed by atoms with Gasteiger partial charge in [0.15, 0.2) is 12.1 Å². The van der Waals surface area contributed by atoms with Crippen molar-refractivity contribution >= 4 is 21.9 Å². The highest BCUT2D eigenvalue weighted by atomic mass is 79.9. The topological polar surface area (TPSA) is 86.5 Å². The number of carboxylic acids is 1. The number of halogens is 1. The molecule has 7 nitrogen and oxygen atoms in total. The van der Waals surface area contributed by atoms with Gasteiger partial charge in [-0.25, -0.2) is 14.8 Å². The molecule has 2 aromatic heterocycles. The maximum Gasteiger partial charge on any atom is 0.353 e. The van der Waals surface area contributed by atoms with Crippen molar-refractivity contribution in [2.75, 3.05) is 13.2 Å². The summed E-state index contributed by atoms with van der Waals surface area (Å²) in [6, 6.07) is 1.68. The Hall–Kier alpha value is -1.77. The Labute approximate surface area is 148 Å². The van der Waals surface area contributed by atoms with Gasteiger partial charge in [0, 0.05) is 31.3 Å². The van der Waals surface area contributed by atoms with E-state index < -0.39 is 12.3 Å². The van der Waals surface area contributed by atoms with Gasteiger partial charge in [-0.2, -0.15) is 0 Å². The smallest absolute Gasteiger partial charge is 0.353 e. The highest BCUT2D eigenvalue weighted by molar-refractivity contribution is 9.10. The Bertz CT molecular complexity index is 697. The molecule has 0 unspecified atom stereocenters. The van der Waals surface area contributed by atoms with Crippen molar-refractivity contribution in [1.29, 1.82) is 0 Å². The lowest BCUT2D eigenvalue weighted by Gasteiger charge is -2.19. The Morgan fingerprint density at radius 3 is 2.38 bits per heavy atom. The standard InChI is InChI=1S/C16H20BrN3O4/c1-4-23-11(24-5-2)9-20-10(3)13(17)12(14(20)16(21)22)15-18-7-6-8-19-15/h6-8,11H,4-5,9H2,1-3H3,(H,21,22). The van der Waals surface area contributed by atoms with E-state index in [1.165, 1.54) is 0 Å². The van der Waals surface area contributed by atoms with E-state index in [1.807, 2.05) is 20.8 Å². The third-order valence-electron chi connectivity index (χ3n) is 3.48. The van der Waals surface area contributed by atoms with E-state index in [0.29, 0.717) is 29.1 Å². The van der Waals surface area contributed by atoms with Crippen molar-refractivity contribution in [1.82, 2.24) is 14.5 Å². The van der Waals surface area contributed by atoms with Gasteiger partial charge in [-0.1, -0.05) is 0 Å². The number of carboxylic acid groups (broad SMARTS) is 1. The number of carbonyl (C=O) groups is 1.